The highest BCUT2D eigenvalue weighted by Crippen LogP contribution is 2.41. The molecule has 0 atom stereocenters. The zero-order valence-electron chi connectivity index (χ0n) is 11.1. The monoisotopic (exact) mass is 280 g/mol. The van der Waals surface area contributed by atoms with Crippen molar-refractivity contribution in [2.45, 2.75) is 0 Å². The summed E-state index contributed by atoms with van der Waals surface area (Å²) in [6.07, 6.45) is 0. The molecule has 0 radical (unpaired) electrons. The molecule has 2 heterocycles. The molecule has 0 fully saturated rings. The van der Waals surface area contributed by atoms with Crippen molar-refractivity contribution in [2.75, 3.05) is 12.5 Å². The van der Waals surface area contributed by atoms with Crippen LogP contribution in [0.15, 0.2) is 53.1 Å². The van der Waals surface area contributed by atoms with Gasteiger partial charge in [0.05, 0.1) is 5.56 Å². The molecule has 0 bridgehead atoms. The second kappa shape index (κ2) is 4.56. The van der Waals surface area contributed by atoms with Gasteiger partial charge in [-0.25, -0.2) is 0 Å². The van der Waals surface area contributed by atoms with Crippen LogP contribution in [0.1, 0.15) is 0 Å². The van der Waals surface area contributed by atoms with Crippen LogP contribution in [0.25, 0.3) is 22.5 Å². The molecule has 0 aliphatic carbocycles. The summed E-state index contributed by atoms with van der Waals surface area (Å²) < 4.78 is 16.1. The lowest BCUT2D eigenvalue weighted by Crippen LogP contribution is -1.92. The minimum Gasteiger partial charge on any atom is -0.454 e. The van der Waals surface area contributed by atoms with Crippen LogP contribution >= 0.6 is 0 Å². The van der Waals surface area contributed by atoms with Gasteiger partial charge in [0.25, 0.3) is 0 Å². The van der Waals surface area contributed by atoms with Crippen LogP contribution in [-0.4, -0.2) is 11.9 Å². The van der Waals surface area contributed by atoms with E-state index in [9.17, 15) is 0 Å². The summed E-state index contributed by atoms with van der Waals surface area (Å²) in [5, 5.41) is 3.89. The Labute approximate surface area is 120 Å². The van der Waals surface area contributed by atoms with Gasteiger partial charge in [-0.2, -0.15) is 0 Å². The van der Waals surface area contributed by atoms with Crippen LogP contribution in [-0.2, 0) is 0 Å². The zero-order chi connectivity index (χ0) is 14.2. The van der Waals surface area contributed by atoms with Crippen molar-refractivity contribution >= 4 is 5.82 Å². The van der Waals surface area contributed by atoms with Gasteiger partial charge in [-0.1, -0.05) is 35.5 Å². The average Bonchev–Trinajstić information content (AvgIpc) is 3.13. The smallest absolute Gasteiger partial charge is 0.231 e. The zero-order valence-corrected chi connectivity index (χ0v) is 11.1. The van der Waals surface area contributed by atoms with E-state index in [0.717, 1.165) is 22.4 Å². The van der Waals surface area contributed by atoms with Gasteiger partial charge in [0.2, 0.25) is 6.79 Å². The third-order valence-corrected chi connectivity index (χ3v) is 3.42. The number of nitrogens with two attached hydrogens (primary N) is 1. The number of hydrogen-bond donors (Lipinski definition) is 1. The van der Waals surface area contributed by atoms with Gasteiger partial charge in [0.15, 0.2) is 23.1 Å². The number of nitrogens with zero attached hydrogens (tertiary/aromatic N) is 1. The van der Waals surface area contributed by atoms with Crippen LogP contribution in [0.2, 0.25) is 0 Å². The maximum atomic E-state index is 5.96. The van der Waals surface area contributed by atoms with E-state index in [-0.39, 0.29) is 6.79 Å². The Morgan fingerprint density at radius 3 is 2.57 bits per heavy atom. The Bertz CT molecular complexity index is 797. The molecule has 1 aromatic heterocycles. The van der Waals surface area contributed by atoms with Crippen molar-refractivity contribution in [1.82, 2.24) is 5.16 Å². The Hall–Kier alpha value is -2.95. The molecule has 1 aliphatic heterocycles. The molecule has 5 heteroatoms. The van der Waals surface area contributed by atoms with Crippen molar-refractivity contribution in [3.8, 4) is 33.9 Å². The number of anilines is 1. The topological polar surface area (TPSA) is 70.5 Å². The van der Waals surface area contributed by atoms with Crippen molar-refractivity contribution in [3.63, 3.8) is 0 Å². The fourth-order valence-corrected chi connectivity index (χ4v) is 2.42. The van der Waals surface area contributed by atoms with Gasteiger partial charge in [0.1, 0.15) is 0 Å². The number of benzene rings is 2. The third-order valence-electron chi connectivity index (χ3n) is 3.42. The molecule has 0 saturated heterocycles. The summed E-state index contributed by atoms with van der Waals surface area (Å²) in [6, 6.07) is 15.4. The number of rotatable bonds is 2. The van der Waals surface area contributed by atoms with E-state index in [1.54, 1.807) is 0 Å². The molecule has 5 nitrogen and oxygen atoms in total. The van der Waals surface area contributed by atoms with Crippen molar-refractivity contribution in [3.05, 3.63) is 48.5 Å². The first-order chi connectivity index (χ1) is 10.3. The lowest BCUT2D eigenvalue weighted by atomic mass is 10.0. The minimum atomic E-state index is 0.239. The predicted molar refractivity (Wildman–Crippen MR) is 77.9 cm³/mol. The molecule has 104 valence electrons. The van der Waals surface area contributed by atoms with Gasteiger partial charge in [0, 0.05) is 5.56 Å². The van der Waals surface area contributed by atoms with Crippen LogP contribution in [0.5, 0.6) is 11.5 Å². The minimum absolute atomic E-state index is 0.239. The molecule has 4 rings (SSSR count). The van der Waals surface area contributed by atoms with Crippen LogP contribution in [0.3, 0.4) is 0 Å². The molecular formula is C16H12N2O3. The van der Waals surface area contributed by atoms with E-state index in [2.05, 4.69) is 5.16 Å². The molecule has 2 N–H and O–H groups in total. The number of ether oxygens (including phenoxy) is 2. The van der Waals surface area contributed by atoms with Gasteiger partial charge >= 0.3 is 0 Å². The Balaban J connectivity index is 1.87. The summed E-state index contributed by atoms with van der Waals surface area (Å²) in [5.74, 6) is 2.42. The van der Waals surface area contributed by atoms with Crippen LogP contribution in [0, 0.1) is 0 Å². The first-order valence-electron chi connectivity index (χ1n) is 6.53. The van der Waals surface area contributed by atoms with E-state index >= 15 is 0 Å². The van der Waals surface area contributed by atoms with Crippen molar-refractivity contribution < 1.29 is 14.0 Å². The third kappa shape index (κ3) is 1.90. The lowest BCUT2D eigenvalue weighted by molar-refractivity contribution is 0.174. The summed E-state index contributed by atoms with van der Waals surface area (Å²) >= 11 is 0. The maximum Gasteiger partial charge on any atom is 0.231 e. The summed E-state index contributed by atoms with van der Waals surface area (Å²) in [7, 11) is 0. The van der Waals surface area contributed by atoms with Crippen LogP contribution in [0.4, 0.5) is 5.82 Å². The molecule has 0 saturated carbocycles. The Morgan fingerprint density at radius 1 is 0.905 bits per heavy atom. The van der Waals surface area contributed by atoms with Gasteiger partial charge in [-0.15, -0.1) is 0 Å². The molecule has 3 aromatic rings. The number of fused-ring (bicyclic) bond motifs is 1. The fourth-order valence-electron chi connectivity index (χ4n) is 2.42. The first kappa shape index (κ1) is 11.8. The molecule has 0 spiro atoms. The molecule has 0 amide bonds. The van der Waals surface area contributed by atoms with Crippen LogP contribution < -0.4 is 15.2 Å². The second-order valence-corrected chi connectivity index (χ2v) is 4.71. The number of aromatic nitrogens is 1. The molecular weight excluding hydrogens is 268 g/mol. The standard InChI is InChI=1S/C16H12N2O3/c17-16-14(10-4-2-1-3-5-10)15(21-18-16)11-6-7-12-13(8-11)20-9-19-12/h1-8H,9H2,(H2,17,18). The molecule has 21 heavy (non-hydrogen) atoms. The molecule has 0 unspecified atom stereocenters. The number of nitrogen functional groups attached to an aromatic ring is 1. The predicted octanol–water partition coefficient (Wildman–Crippen LogP) is 3.32. The normalized spacial score (nSPS) is 12.6. The van der Waals surface area contributed by atoms with E-state index < -0.39 is 0 Å². The molecule has 2 aromatic carbocycles. The Morgan fingerprint density at radius 2 is 1.71 bits per heavy atom. The fraction of sp³-hybridized carbons (Fsp3) is 0.0625. The van der Waals surface area contributed by atoms with E-state index in [1.807, 2.05) is 48.5 Å². The summed E-state index contributed by atoms with van der Waals surface area (Å²) in [4.78, 5) is 0. The highest BCUT2D eigenvalue weighted by molar-refractivity contribution is 5.87. The SMILES string of the molecule is Nc1noc(-c2ccc3c(c2)OCO3)c1-c1ccccc1. The van der Waals surface area contributed by atoms with Crippen molar-refractivity contribution in [2.24, 2.45) is 0 Å². The van der Waals surface area contributed by atoms with E-state index in [0.29, 0.717) is 17.3 Å². The first-order valence-corrected chi connectivity index (χ1v) is 6.53. The highest BCUT2D eigenvalue weighted by Gasteiger charge is 2.20. The van der Waals surface area contributed by atoms with E-state index in [4.69, 9.17) is 19.7 Å². The van der Waals surface area contributed by atoms with E-state index in [1.165, 1.54) is 0 Å². The highest BCUT2D eigenvalue weighted by atomic mass is 16.7. The summed E-state index contributed by atoms with van der Waals surface area (Å²) in [5.41, 5.74) is 8.56. The molecule has 1 aliphatic rings. The van der Waals surface area contributed by atoms with Gasteiger partial charge in [-0.05, 0) is 23.8 Å². The van der Waals surface area contributed by atoms with Gasteiger partial charge in [-0.3, -0.25) is 0 Å². The Kier molecular flexibility index (Phi) is 2.57. The number of hydrogen-bond acceptors (Lipinski definition) is 5. The largest absolute Gasteiger partial charge is 0.454 e. The second-order valence-electron chi connectivity index (χ2n) is 4.71. The quantitative estimate of drug-likeness (QED) is 0.779. The van der Waals surface area contributed by atoms with Crippen molar-refractivity contribution in [1.29, 1.82) is 0 Å². The summed E-state index contributed by atoms with van der Waals surface area (Å²) in [6.45, 7) is 0.239. The average molecular weight is 280 g/mol. The van der Waals surface area contributed by atoms with Gasteiger partial charge < -0.3 is 19.7 Å². The maximum absolute atomic E-state index is 5.96. The lowest BCUT2D eigenvalue weighted by Gasteiger charge is -2.03.